The fourth-order valence-electron chi connectivity index (χ4n) is 1.87. The summed E-state index contributed by atoms with van der Waals surface area (Å²) in [6.07, 6.45) is -0.714. The lowest BCUT2D eigenvalue weighted by molar-refractivity contribution is 0.217. The predicted molar refractivity (Wildman–Crippen MR) is 80.4 cm³/mol. The Labute approximate surface area is 124 Å². The standard InChI is InChI=1S/C14H15BrO3S/c1-8-6-11(15)14(19-8)13(16)10-5-4-9(17-2)7-12(10)18-3/h4-7,13,16H,1-3H3. The molecule has 1 heterocycles. The van der Waals surface area contributed by atoms with Crippen molar-refractivity contribution in [2.75, 3.05) is 14.2 Å². The average molecular weight is 343 g/mol. The molecule has 3 nitrogen and oxygen atoms in total. The van der Waals surface area contributed by atoms with Crippen molar-refractivity contribution in [1.29, 1.82) is 0 Å². The third-order valence-electron chi connectivity index (χ3n) is 2.82. The van der Waals surface area contributed by atoms with Gasteiger partial charge in [0.15, 0.2) is 0 Å². The predicted octanol–water partition coefficient (Wildman–Crippen LogP) is 3.92. The SMILES string of the molecule is COc1ccc(C(O)c2sc(C)cc2Br)c(OC)c1. The molecule has 2 rings (SSSR count). The van der Waals surface area contributed by atoms with Crippen molar-refractivity contribution in [1.82, 2.24) is 0 Å². The number of rotatable bonds is 4. The first-order valence-corrected chi connectivity index (χ1v) is 7.33. The zero-order chi connectivity index (χ0) is 14.0. The molecule has 1 unspecified atom stereocenters. The third-order valence-corrected chi connectivity index (χ3v) is 4.84. The molecule has 1 atom stereocenters. The monoisotopic (exact) mass is 342 g/mol. The lowest BCUT2D eigenvalue weighted by Crippen LogP contribution is -2.01. The van der Waals surface area contributed by atoms with Gasteiger partial charge >= 0.3 is 0 Å². The van der Waals surface area contributed by atoms with Crippen molar-refractivity contribution in [3.05, 3.63) is 44.1 Å². The number of aliphatic hydroxyl groups is 1. The highest BCUT2D eigenvalue weighted by Gasteiger charge is 2.20. The van der Waals surface area contributed by atoms with Gasteiger partial charge in [-0.1, -0.05) is 0 Å². The first-order chi connectivity index (χ1) is 9.06. The molecule has 0 saturated carbocycles. The van der Waals surface area contributed by atoms with Gasteiger partial charge in [0.1, 0.15) is 17.6 Å². The molecule has 0 fully saturated rings. The Morgan fingerprint density at radius 1 is 1.21 bits per heavy atom. The Kier molecular flexibility index (Phi) is 4.50. The van der Waals surface area contributed by atoms with E-state index in [1.165, 1.54) is 0 Å². The van der Waals surface area contributed by atoms with Crippen molar-refractivity contribution in [3.63, 3.8) is 0 Å². The number of ether oxygens (including phenoxy) is 2. The van der Waals surface area contributed by atoms with Gasteiger partial charge in [-0.25, -0.2) is 0 Å². The number of hydrogen-bond donors (Lipinski definition) is 1. The fraction of sp³-hybridized carbons (Fsp3) is 0.286. The Morgan fingerprint density at radius 2 is 1.95 bits per heavy atom. The van der Waals surface area contributed by atoms with E-state index in [2.05, 4.69) is 15.9 Å². The maximum Gasteiger partial charge on any atom is 0.128 e. The summed E-state index contributed by atoms with van der Waals surface area (Å²) in [5.41, 5.74) is 0.728. The largest absolute Gasteiger partial charge is 0.497 e. The molecule has 0 aliphatic rings. The molecule has 102 valence electrons. The number of thiophene rings is 1. The fourth-order valence-corrected chi connectivity index (χ4v) is 3.75. The molecular formula is C14H15BrO3S. The summed E-state index contributed by atoms with van der Waals surface area (Å²) in [5, 5.41) is 10.5. The number of hydrogen-bond acceptors (Lipinski definition) is 4. The van der Waals surface area contributed by atoms with Crippen LogP contribution in [0.25, 0.3) is 0 Å². The summed E-state index contributed by atoms with van der Waals surface area (Å²) >= 11 is 5.04. The molecule has 5 heteroatoms. The molecule has 0 spiro atoms. The van der Waals surface area contributed by atoms with Gasteiger partial charge in [-0.15, -0.1) is 11.3 Å². The van der Waals surface area contributed by atoms with Crippen LogP contribution in [-0.4, -0.2) is 19.3 Å². The van der Waals surface area contributed by atoms with Crippen LogP contribution in [0.5, 0.6) is 11.5 Å². The van der Waals surface area contributed by atoms with Crippen LogP contribution in [0, 0.1) is 6.92 Å². The Morgan fingerprint density at radius 3 is 2.47 bits per heavy atom. The molecular weight excluding hydrogens is 328 g/mol. The third kappa shape index (κ3) is 2.94. The zero-order valence-electron chi connectivity index (χ0n) is 10.9. The molecule has 2 aromatic rings. The number of aliphatic hydroxyl groups excluding tert-OH is 1. The summed E-state index contributed by atoms with van der Waals surface area (Å²) in [6, 6.07) is 7.41. The van der Waals surface area contributed by atoms with E-state index in [1.54, 1.807) is 31.6 Å². The van der Waals surface area contributed by atoms with Gasteiger partial charge in [0.2, 0.25) is 0 Å². The molecule has 0 bridgehead atoms. The van der Waals surface area contributed by atoms with Crippen molar-refractivity contribution < 1.29 is 14.6 Å². The topological polar surface area (TPSA) is 38.7 Å². The summed E-state index contributed by atoms with van der Waals surface area (Å²) in [7, 11) is 3.18. The van der Waals surface area contributed by atoms with Gasteiger partial charge < -0.3 is 14.6 Å². The highest BCUT2D eigenvalue weighted by Crippen LogP contribution is 2.39. The summed E-state index contributed by atoms with van der Waals surface area (Å²) in [4.78, 5) is 2.02. The van der Waals surface area contributed by atoms with Crippen LogP contribution in [0.4, 0.5) is 0 Å². The molecule has 1 N–H and O–H groups in total. The van der Waals surface area contributed by atoms with Gasteiger partial charge in [-0.2, -0.15) is 0 Å². The number of halogens is 1. The maximum atomic E-state index is 10.5. The first kappa shape index (κ1) is 14.4. The second-order valence-electron chi connectivity index (χ2n) is 4.08. The van der Waals surface area contributed by atoms with Gasteiger partial charge in [0.05, 0.1) is 19.1 Å². The second kappa shape index (κ2) is 5.94. The Hall–Kier alpha value is -1.04. The van der Waals surface area contributed by atoms with Gasteiger partial charge in [-0.3, -0.25) is 0 Å². The van der Waals surface area contributed by atoms with Crippen LogP contribution < -0.4 is 9.47 Å². The number of methoxy groups -OCH3 is 2. The molecule has 1 aromatic carbocycles. The van der Waals surface area contributed by atoms with Crippen LogP contribution >= 0.6 is 27.3 Å². The lowest BCUT2D eigenvalue weighted by atomic mass is 10.1. The summed E-state index contributed by atoms with van der Waals surface area (Å²) < 4.78 is 11.4. The Balaban J connectivity index is 2.43. The molecule has 0 aliphatic carbocycles. The van der Waals surface area contributed by atoms with E-state index in [-0.39, 0.29) is 0 Å². The number of aryl methyl sites for hydroxylation is 1. The van der Waals surface area contributed by atoms with Crippen LogP contribution in [0.15, 0.2) is 28.7 Å². The van der Waals surface area contributed by atoms with Crippen molar-refractivity contribution in [2.45, 2.75) is 13.0 Å². The highest BCUT2D eigenvalue weighted by molar-refractivity contribution is 9.10. The van der Waals surface area contributed by atoms with E-state index in [9.17, 15) is 5.11 Å². The maximum absolute atomic E-state index is 10.5. The van der Waals surface area contributed by atoms with Crippen molar-refractivity contribution >= 4 is 27.3 Å². The first-order valence-electron chi connectivity index (χ1n) is 5.72. The van der Waals surface area contributed by atoms with Gasteiger partial charge in [0.25, 0.3) is 0 Å². The molecule has 0 saturated heterocycles. The van der Waals surface area contributed by atoms with Crippen LogP contribution in [0.3, 0.4) is 0 Å². The lowest BCUT2D eigenvalue weighted by Gasteiger charge is -2.15. The highest BCUT2D eigenvalue weighted by atomic mass is 79.9. The van der Waals surface area contributed by atoms with Gasteiger partial charge in [-0.05, 0) is 41.1 Å². The molecule has 0 radical (unpaired) electrons. The van der Waals surface area contributed by atoms with Crippen LogP contribution in [0.1, 0.15) is 21.4 Å². The average Bonchev–Trinajstić information content (AvgIpc) is 2.76. The van der Waals surface area contributed by atoms with E-state index < -0.39 is 6.10 Å². The van der Waals surface area contributed by atoms with E-state index in [0.29, 0.717) is 11.5 Å². The molecule has 0 amide bonds. The minimum Gasteiger partial charge on any atom is -0.497 e. The molecule has 1 aromatic heterocycles. The van der Waals surface area contributed by atoms with Gasteiger partial charge in [0, 0.05) is 21.0 Å². The quantitative estimate of drug-likeness (QED) is 0.915. The Bertz CT molecular complexity index is 580. The van der Waals surface area contributed by atoms with E-state index in [4.69, 9.17) is 9.47 Å². The minimum absolute atomic E-state index is 0.616. The smallest absolute Gasteiger partial charge is 0.128 e. The van der Waals surface area contributed by atoms with E-state index in [0.717, 1.165) is 19.8 Å². The van der Waals surface area contributed by atoms with Crippen molar-refractivity contribution in [3.8, 4) is 11.5 Å². The van der Waals surface area contributed by atoms with E-state index in [1.807, 2.05) is 25.1 Å². The minimum atomic E-state index is -0.714. The van der Waals surface area contributed by atoms with Crippen LogP contribution in [0.2, 0.25) is 0 Å². The summed E-state index contributed by atoms with van der Waals surface area (Å²) in [5.74, 6) is 1.32. The van der Waals surface area contributed by atoms with E-state index >= 15 is 0 Å². The molecule has 19 heavy (non-hydrogen) atoms. The second-order valence-corrected chi connectivity index (χ2v) is 6.22. The zero-order valence-corrected chi connectivity index (χ0v) is 13.3. The number of benzene rings is 1. The van der Waals surface area contributed by atoms with Crippen LogP contribution in [-0.2, 0) is 0 Å². The normalized spacial score (nSPS) is 12.3. The summed E-state index contributed by atoms with van der Waals surface area (Å²) in [6.45, 7) is 2.01. The van der Waals surface area contributed by atoms with Crippen molar-refractivity contribution in [2.24, 2.45) is 0 Å². The molecule has 0 aliphatic heterocycles.